The first kappa shape index (κ1) is 30.7. The molecule has 0 aliphatic heterocycles. The van der Waals surface area contributed by atoms with E-state index in [1.165, 1.54) is 21.5 Å². The van der Waals surface area contributed by atoms with Gasteiger partial charge in [0.1, 0.15) is 11.2 Å². The molecule has 4 heterocycles. The lowest BCUT2D eigenvalue weighted by atomic mass is 10.1. The van der Waals surface area contributed by atoms with Crippen molar-refractivity contribution in [1.29, 1.82) is 0 Å². The summed E-state index contributed by atoms with van der Waals surface area (Å²) in [5.41, 5.74) is 11.5. The maximum absolute atomic E-state index is 6.35. The highest BCUT2D eigenvalue weighted by Gasteiger charge is 2.22. The van der Waals surface area contributed by atoms with Crippen LogP contribution in [0.25, 0.3) is 105 Å². The Balaban J connectivity index is 1.10. The number of benzene rings is 8. The number of hydrogen-bond donors (Lipinski definition) is 0. The van der Waals surface area contributed by atoms with Crippen molar-refractivity contribution in [2.45, 2.75) is 0 Å². The quantitative estimate of drug-likeness (QED) is 0.178. The first-order chi connectivity index (χ1) is 27.8. The molecule has 8 aromatic carbocycles. The van der Waals surface area contributed by atoms with E-state index in [4.69, 9.17) is 14.6 Å². The predicted molar refractivity (Wildman–Crippen MR) is 228 cm³/mol. The van der Waals surface area contributed by atoms with E-state index < -0.39 is 0 Å². The molecule has 0 saturated carbocycles. The van der Waals surface area contributed by atoms with E-state index in [0.29, 0.717) is 0 Å². The van der Waals surface area contributed by atoms with Gasteiger partial charge in [-0.1, -0.05) is 127 Å². The van der Waals surface area contributed by atoms with Crippen LogP contribution in [0, 0.1) is 0 Å². The van der Waals surface area contributed by atoms with Crippen molar-refractivity contribution in [3.05, 3.63) is 188 Å². The van der Waals surface area contributed by atoms with Gasteiger partial charge in [0.2, 0.25) is 0 Å². The third-order valence-corrected chi connectivity index (χ3v) is 11.2. The van der Waals surface area contributed by atoms with Gasteiger partial charge in [0, 0.05) is 54.8 Å². The summed E-state index contributed by atoms with van der Waals surface area (Å²) in [5, 5.41) is 16.6. The van der Waals surface area contributed by atoms with Crippen molar-refractivity contribution in [2.24, 2.45) is 0 Å². The van der Waals surface area contributed by atoms with Crippen molar-refractivity contribution in [3.63, 3.8) is 0 Å². The first-order valence-corrected chi connectivity index (χ1v) is 18.8. The second-order valence-electron chi connectivity index (χ2n) is 14.3. The Kier molecular flexibility index (Phi) is 6.53. The Bertz CT molecular complexity index is 3420. The fourth-order valence-corrected chi connectivity index (χ4v) is 8.78. The number of hydrogen-bond acceptors (Lipinski definition) is 3. The molecule has 0 N–H and O–H groups in total. The molecule has 0 atom stereocenters. The summed E-state index contributed by atoms with van der Waals surface area (Å²) in [6.45, 7) is 0. The minimum Gasteiger partial charge on any atom is -0.456 e. The van der Waals surface area contributed by atoms with Gasteiger partial charge in [0.15, 0.2) is 11.6 Å². The molecule has 6 nitrogen and oxygen atoms in total. The molecular formula is C50H31N5O. The van der Waals surface area contributed by atoms with E-state index in [0.717, 1.165) is 83.8 Å². The Labute approximate surface area is 320 Å². The van der Waals surface area contributed by atoms with E-state index in [-0.39, 0.29) is 0 Å². The summed E-state index contributed by atoms with van der Waals surface area (Å²) < 4.78 is 13.3. The Morgan fingerprint density at radius 1 is 0.321 bits per heavy atom. The highest BCUT2D eigenvalue weighted by molar-refractivity contribution is 6.27. The molecule has 12 rings (SSSR count). The van der Waals surface area contributed by atoms with Crippen LogP contribution in [0.4, 0.5) is 0 Å². The summed E-state index contributed by atoms with van der Waals surface area (Å²) in [7, 11) is 0. The lowest BCUT2D eigenvalue weighted by molar-refractivity contribution is 0.669. The third kappa shape index (κ3) is 4.44. The summed E-state index contributed by atoms with van der Waals surface area (Å²) in [6.07, 6.45) is 0. The van der Waals surface area contributed by atoms with Crippen LogP contribution in [0.5, 0.6) is 0 Å². The maximum Gasteiger partial charge on any atom is 0.168 e. The molecule has 56 heavy (non-hydrogen) atoms. The normalized spacial score (nSPS) is 11.9. The average Bonchev–Trinajstić information content (AvgIpc) is 4.03. The molecule has 0 spiro atoms. The minimum atomic E-state index is 0.791. The van der Waals surface area contributed by atoms with Crippen molar-refractivity contribution < 1.29 is 4.42 Å². The Morgan fingerprint density at radius 3 is 1.59 bits per heavy atom. The van der Waals surface area contributed by atoms with Crippen LogP contribution in [0.2, 0.25) is 0 Å². The fraction of sp³-hybridized carbons (Fsp3) is 0. The molecule has 262 valence electrons. The molecule has 12 aromatic rings. The lowest BCUT2D eigenvalue weighted by Crippen LogP contribution is -2.02. The van der Waals surface area contributed by atoms with Crippen molar-refractivity contribution in [1.82, 2.24) is 23.9 Å². The van der Waals surface area contributed by atoms with Crippen LogP contribution in [-0.2, 0) is 0 Å². The van der Waals surface area contributed by atoms with E-state index in [1.54, 1.807) is 0 Å². The number of aromatic nitrogens is 5. The van der Waals surface area contributed by atoms with Crippen LogP contribution in [-0.4, -0.2) is 23.9 Å². The standard InChI is InChI=1S/C50H31N5O/c1-3-14-32(15-4-1)49-51-52-50(33-16-5-2-6-17-33)55(49)36-26-27-38-37-20-7-10-23-41(37)54(44(38)31-36)35-19-13-18-34(30-35)53-42-24-11-8-21-39(42)47-43(53)28-29-46-48(47)40-22-9-12-25-45(40)56-46/h1-31H. The molecule has 0 saturated heterocycles. The SMILES string of the molecule is c1ccc(-c2nnc(-c3ccccc3)n2-c2ccc3c4ccccc4n(-c4cccc(-n5c6ccccc6c6c7c(ccc65)oc5ccccc57)c4)c3c2)cc1. The zero-order valence-corrected chi connectivity index (χ0v) is 30.0. The van der Waals surface area contributed by atoms with E-state index >= 15 is 0 Å². The van der Waals surface area contributed by atoms with Gasteiger partial charge in [0.25, 0.3) is 0 Å². The first-order valence-electron chi connectivity index (χ1n) is 18.8. The van der Waals surface area contributed by atoms with Gasteiger partial charge in [0.05, 0.1) is 27.8 Å². The summed E-state index contributed by atoms with van der Waals surface area (Å²) in [5.74, 6) is 1.58. The molecule has 0 radical (unpaired) electrons. The topological polar surface area (TPSA) is 53.7 Å². The summed E-state index contributed by atoms with van der Waals surface area (Å²) >= 11 is 0. The fourth-order valence-electron chi connectivity index (χ4n) is 8.78. The third-order valence-electron chi connectivity index (χ3n) is 11.2. The van der Waals surface area contributed by atoms with Crippen LogP contribution in [0.1, 0.15) is 0 Å². The number of para-hydroxylation sites is 3. The average molecular weight is 718 g/mol. The van der Waals surface area contributed by atoms with Gasteiger partial charge >= 0.3 is 0 Å². The lowest BCUT2D eigenvalue weighted by Gasteiger charge is -2.14. The summed E-state index contributed by atoms with van der Waals surface area (Å²) in [4.78, 5) is 0. The van der Waals surface area contributed by atoms with Gasteiger partial charge in [-0.3, -0.25) is 4.57 Å². The molecule has 6 heteroatoms. The van der Waals surface area contributed by atoms with Gasteiger partial charge in [-0.05, 0) is 60.7 Å². The highest BCUT2D eigenvalue weighted by atomic mass is 16.3. The largest absolute Gasteiger partial charge is 0.456 e. The van der Waals surface area contributed by atoms with Gasteiger partial charge in [-0.25, -0.2) is 0 Å². The van der Waals surface area contributed by atoms with Crippen molar-refractivity contribution >= 4 is 65.6 Å². The van der Waals surface area contributed by atoms with Crippen molar-refractivity contribution in [3.8, 4) is 39.8 Å². The number of rotatable bonds is 5. The van der Waals surface area contributed by atoms with Crippen LogP contribution in [0.15, 0.2) is 192 Å². The molecule has 0 unspecified atom stereocenters. The smallest absolute Gasteiger partial charge is 0.168 e. The van der Waals surface area contributed by atoms with Crippen molar-refractivity contribution in [2.75, 3.05) is 0 Å². The van der Waals surface area contributed by atoms with Crippen LogP contribution in [0.3, 0.4) is 0 Å². The van der Waals surface area contributed by atoms with Gasteiger partial charge in [-0.15, -0.1) is 10.2 Å². The van der Waals surface area contributed by atoms with Crippen LogP contribution >= 0.6 is 0 Å². The number of furan rings is 1. The molecule has 0 fully saturated rings. The zero-order chi connectivity index (χ0) is 36.7. The Hall–Kier alpha value is -7.70. The number of fused-ring (bicyclic) bond motifs is 10. The molecule has 0 aliphatic carbocycles. The number of nitrogens with zero attached hydrogens (tertiary/aromatic N) is 5. The van der Waals surface area contributed by atoms with Crippen LogP contribution < -0.4 is 0 Å². The molecule has 4 aromatic heterocycles. The zero-order valence-electron chi connectivity index (χ0n) is 30.0. The van der Waals surface area contributed by atoms with Gasteiger partial charge in [-0.2, -0.15) is 0 Å². The molecule has 0 amide bonds. The second-order valence-corrected chi connectivity index (χ2v) is 14.3. The Morgan fingerprint density at radius 2 is 0.875 bits per heavy atom. The van der Waals surface area contributed by atoms with E-state index in [2.05, 4.69) is 159 Å². The maximum atomic E-state index is 6.35. The second kappa shape index (κ2) is 11.9. The van der Waals surface area contributed by atoms with Gasteiger partial charge < -0.3 is 13.6 Å². The molecule has 0 aliphatic rings. The molecular weight excluding hydrogens is 687 g/mol. The monoisotopic (exact) mass is 717 g/mol. The highest BCUT2D eigenvalue weighted by Crippen LogP contribution is 2.42. The van der Waals surface area contributed by atoms with E-state index in [1.807, 2.05) is 42.5 Å². The van der Waals surface area contributed by atoms with E-state index in [9.17, 15) is 0 Å². The minimum absolute atomic E-state index is 0.791. The molecule has 0 bridgehead atoms. The predicted octanol–water partition coefficient (Wildman–Crippen LogP) is 12.7. The summed E-state index contributed by atoms with van der Waals surface area (Å²) in [6, 6.07) is 66.2.